The fraction of sp³-hybridized carbons (Fsp3) is 0.410. The Kier molecular flexibility index (Phi) is 29.8. The Morgan fingerprint density at radius 2 is 1.19 bits per heavy atom. The van der Waals surface area contributed by atoms with E-state index >= 15 is 24.0 Å². The van der Waals surface area contributed by atoms with Gasteiger partial charge in [0.1, 0.15) is 66.5 Å². The smallest absolute Gasteiger partial charge is 0.245 e. The van der Waals surface area contributed by atoms with Crippen LogP contribution in [0.15, 0.2) is 134 Å². The second-order valence-corrected chi connectivity index (χ2v) is 28.8. The van der Waals surface area contributed by atoms with E-state index in [1.807, 2.05) is 72.8 Å². The maximum Gasteiger partial charge on any atom is 0.245 e. The number of rotatable bonds is 22. The highest BCUT2D eigenvalue weighted by Gasteiger charge is 2.42. The number of carbonyl (C=O) groups is 14. The average molecular weight is 1540 g/mol. The molecule has 5 aromatic carbocycles. The molecule has 3 fully saturated rings. The molecule has 0 saturated carbocycles. The highest BCUT2D eigenvalue weighted by Crippen LogP contribution is 2.23. The number of primary amides is 1. The van der Waals surface area contributed by atoms with Crippen LogP contribution in [0.25, 0.3) is 21.5 Å². The molecule has 3 aliphatic rings. The first-order valence-electron chi connectivity index (χ1n) is 36.9. The number of aromatic nitrogens is 1. The van der Waals surface area contributed by atoms with Gasteiger partial charge in [-0.3, -0.25) is 77.5 Å². The van der Waals surface area contributed by atoms with Crippen LogP contribution >= 0.6 is 11.6 Å². The molecule has 11 atom stereocenters. The van der Waals surface area contributed by atoms with Gasteiger partial charge in [0.15, 0.2) is 5.96 Å². The lowest BCUT2D eigenvalue weighted by atomic mass is 9.99. The molecule has 9 rings (SSSR count). The number of pyridine rings is 1. The van der Waals surface area contributed by atoms with Gasteiger partial charge in [0.2, 0.25) is 82.7 Å². The van der Waals surface area contributed by atoms with Gasteiger partial charge in [0.05, 0.1) is 6.42 Å². The number of nitrogens with one attached hydrogen (secondary N) is 14. The van der Waals surface area contributed by atoms with Crippen LogP contribution in [-0.4, -0.2) is 191 Å². The SMILES string of the molecule is CC(=O)N[C@H](Cc1ccc2ccccc2c1)C(=O)N[C@H](Cc1ccc(Cl)cc1)C(=O)N[C@H](Cc1cccnc1)C(=O)N[C@H]1CC(=O)NCC(C(N)=O)NC(=O)[C@@H]2CCCN2C(=O)[C@@H]2CCNC(=O)[C@H](Cc3ccc4ccccc4c3)NC(=O)CC[C@H](NC1=O)C(=O)N[C@H](CCCNC(=N)N)C(=O)N[C@@H](CC(C)C)C(=O)N2. The summed E-state index contributed by atoms with van der Waals surface area (Å²) in [5, 5.41) is 46.2. The number of fused-ring (bicyclic) bond motifs is 12. The molecule has 3 saturated heterocycles. The largest absolute Gasteiger partial charge is 0.370 e. The molecule has 18 N–H and O–H groups in total. The van der Waals surface area contributed by atoms with E-state index in [9.17, 15) is 43.2 Å². The molecule has 588 valence electrons. The van der Waals surface area contributed by atoms with Crippen molar-refractivity contribution in [2.24, 2.45) is 17.4 Å². The quantitative estimate of drug-likeness (QED) is 0.0181. The second kappa shape index (κ2) is 39.8. The van der Waals surface area contributed by atoms with Gasteiger partial charge in [-0.15, -0.1) is 0 Å². The summed E-state index contributed by atoms with van der Waals surface area (Å²) < 4.78 is 0. The van der Waals surface area contributed by atoms with Crippen molar-refractivity contribution >= 4 is 122 Å². The van der Waals surface area contributed by atoms with Crippen molar-refractivity contribution in [2.45, 2.75) is 171 Å². The molecule has 0 spiro atoms. The number of guanidine groups is 1. The predicted octanol–water partition coefficient (Wildman–Crippen LogP) is -0.214. The van der Waals surface area contributed by atoms with Gasteiger partial charge in [-0.05, 0) is 113 Å². The minimum Gasteiger partial charge on any atom is -0.370 e. The third-order valence-corrected chi connectivity index (χ3v) is 19.5. The normalized spacial score (nSPS) is 21.6. The van der Waals surface area contributed by atoms with E-state index in [4.69, 9.17) is 28.5 Å². The summed E-state index contributed by atoms with van der Waals surface area (Å²) in [5.74, 6) is -14.0. The lowest BCUT2D eigenvalue weighted by Crippen LogP contribution is -2.61. The summed E-state index contributed by atoms with van der Waals surface area (Å²) in [5.41, 5.74) is 13.6. The Hall–Kier alpha value is -12.1. The Bertz CT molecular complexity index is 4440. The Morgan fingerprint density at radius 1 is 0.586 bits per heavy atom. The third kappa shape index (κ3) is 24.7. The average Bonchev–Trinajstić information content (AvgIpc) is 1.29. The van der Waals surface area contributed by atoms with E-state index in [0.717, 1.165) is 21.5 Å². The van der Waals surface area contributed by atoms with Crippen LogP contribution < -0.4 is 80.6 Å². The van der Waals surface area contributed by atoms with E-state index in [2.05, 4.69) is 74.1 Å². The monoisotopic (exact) mass is 1540 g/mol. The zero-order valence-corrected chi connectivity index (χ0v) is 62.5. The fourth-order valence-corrected chi connectivity index (χ4v) is 13.6. The summed E-state index contributed by atoms with van der Waals surface area (Å²) in [7, 11) is 0. The van der Waals surface area contributed by atoms with E-state index in [-0.39, 0.29) is 89.8 Å². The Labute approximate surface area is 645 Å². The minimum absolute atomic E-state index is 0.00697. The number of carbonyl (C=O) groups excluding carboxylic acids is 14. The van der Waals surface area contributed by atoms with Crippen molar-refractivity contribution in [3.8, 4) is 0 Å². The number of amides is 14. The van der Waals surface area contributed by atoms with Crippen molar-refractivity contribution in [2.75, 3.05) is 26.2 Å². The zero-order valence-electron chi connectivity index (χ0n) is 61.8. The first kappa shape index (κ1) is 83.0. The highest BCUT2D eigenvalue weighted by atomic mass is 35.5. The molecular weight excluding hydrogens is 1450 g/mol. The lowest BCUT2D eigenvalue weighted by Gasteiger charge is -2.31. The van der Waals surface area contributed by atoms with Crippen LogP contribution in [0, 0.1) is 11.3 Å². The van der Waals surface area contributed by atoms with Gasteiger partial charge in [-0.1, -0.05) is 129 Å². The highest BCUT2D eigenvalue weighted by molar-refractivity contribution is 6.30. The van der Waals surface area contributed by atoms with Gasteiger partial charge in [0.25, 0.3) is 0 Å². The van der Waals surface area contributed by atoms with Gasteiger partial charge in [-0.25, -0.2) is 0 Å². The fourth-order valence-electron chi connectivity index (χ4n) is 13.5. The maximum absolute atomic E-state index is 15.5. The molecule has 3 aliphatic heterocycles. The van der Waals surface area contributed by atoms with Crippen molar-refractivity contribution in [3.63, 3.8) is 0 Å². The summed E-state index contributed by atoms with van der Waals surface area (Å²) in [4.78, 5) is 211. The van der Waals surface area contributed by atoms with Gasteiger partial charge in [-0.2, -0.15) is 0 Å². The van der Waals surface area contributed by atoms with Crippen molar-refractivity contribution in [3.05, 3.63) is 161 Å². The molecule has 111 heavy (non-hydrogen) atoms. The number of hydrogen-bond donors (Lipinski definition) is 16. The topological polar surface area (TPSA) is 487 Å². The summed E-state index contributed by atoms with van der Waals surface area (Å²) >= 11 is 6.29. The number of nitrogens with zero attached hydrogens (tertiary/aromatic N) is 2. The van der Waals surface area contributed by atoms with Gasteiger partial charge >= 0.3 is 0 Å². The maximum atomic E-state index is 15.5. The van der Waals surface area contributed by atoms with Crippen LogP contribution in [0.3, 0.4) is 0 Å². The molecule has 1 aromatic heterocycles. The van der Waals surface area contributed by atoms with Crippen LogP contribution in [0.4, 0.5) is 0 Å². The Morgan fingerprint density at radius 3 is 1.84 bits per heavy atom. The zero-order chi connectivity index (χ0) is 79.8. The molecule has 32 nitrogen and oxygen atoms in total. The van der Waals surface area contributed by atoms with Crippen molar-refractivity contribution in [1.82, 2.24) is 79.0 Å². The van der Waals surface area contributed by atoms with E-state index in [1.54, 1.807) is 62.4 Å². The molecule has 6 aromatic rings. The Balaban J connectivity index is 1.11. The van der Waals surface area contributed by atoms with Crippen LogP contribution in [0.5, 0.6) is 0 Å². The van der Waals surface area contributed by atoms with Crippen LogP contribution in [0.2, 0.25) is 5.02 Å². The minimum atomic E-state index is -2.09. The van der Waals surface area contributed by atoms with Gasteiger partial charge < -0.3 is 85.5 Å². The van der Waals surface area contributed by atoms with Crippen LogP contribution in [0.1, 0.15) is 101 Å². The summed E-state index contributed by atoms with van der Waals surface area (Å²) in [6, 6.07) is 18.0. The number of benzene rings is 5. The molecule has 4 heterocycles. The summed E-state index contributed by atoms with van der Waals surface area (Å²) in [6.07, 6.45) is -0.452. The molecule has 0 aliphatic carbocycles. The molecule has 1 unspecified atom stereocenters. The van der Waals surface area contributed by atoms with Crippen molar-refractivity contribution < 1.29 is 67.1 Å². The van der Waals surface area contributed by atoms with Gasteiger partial charge in [0, 0.05) is 82.6 Å². The first-order chi connectivity index (χ1) is 53.1. The van der Waals surface area contributed by atoms with E-state index in [1.165, 1.54) is 24.2 Å². The van der Waals surface area contributed by atoms with Crippen molar-refractivity contribution in [1.29, 1.82) is 5.41 Å². The number of halogens is 1. The van der Waals surface area contributed by atoms with E-state index in [0.29, 0.717) is 27.3 Å². The molecule has 2 bridgehead atoms. The first-order valence-corrected chi connectivity index (χ1v) is 37.3. The molecular formula is C78H95ClN18O14. The lowest BCUT2D eigenvalue weighted by molar-refractivity contribution is -0.142. The second-order valence-electron chi connectivity index (χ2n) is 28.4. The summed E-state index contributed by atoms with van der Waals surface area (Å²) in [6.45, 7) is 3.65. The molecule has 33 heteroatoms. The third-order valence-electron chi connectivity index (χ3n) is 19.3. The standard InChI is InChI=1S/C78H95ClN18O14/c1-43(2)33-57-71(105)91-56-28-31-84-68(102)58(37-46-18-22-49-12-4-6-14-51(49)34-46)88-65(99)27-26-55(70(104)89-54(69(103)92-57)16-9-30-85-78(81)82)90-75(109)62(40-66(100)86-42-63(67(80)101)96-76(110)64-17-10-32-97(64)77(56)111)95-74(108)61(39-48-11-8-29-83-41-48)94-73(107)60(36-45-20-24-53(79)25-21-45)93-72(106)59(87-44(3)98)38-47-19-23-50-13-5-7-15-52(50)35-47/h4-8,11-15,18-25,29,34-35,41,43,54-64H,9-10,16-17,26-28,30-33,36-40,42H2,1-3H3,(H2,80,101)(H,84,102)(H,86,100)(H,87,98)(H,88,99)(H,89,104)(H,90,109)(H,91,105)(H,92,103)(H,93,106)(H,94,107)(H,95,108)(H,96,110)(H4,81,82,85)/t54-,55+,56+,57+,58+,59-,60-,61-,62+,63?,64+/m1/s1. The number of hydrogen-bond acceptors (Lipinski definition) is 16. The predicted molar refractivity (Wildman–Crippen MR) is 410 cm³/mol. The van der Waals surface area contributed by atoms with E-state index < -0.39 is 181 Å². The molecule has 0 radical (unpaired) electrons. The van der Waals surface area contributed by atoms with Crippen LogP contribution in [-0.2, 0) is 92.8 Å². The molecule has 14 amide bonds. The number of nitrogens with two attached hydrogens (primary N) is 2.